The Morgan fingerprint density at radius 3 is 1.77 bits per heavy atom. The molecule has 0 radical (unpaired) electrons. The molecule has 0 saturated carbocycles. The second-order valence-corrected chi connectivity index (χ2v) is 13.7. The lowest BCUT2D eigenvalue weighted by molar-refractivity contribution is -0.132. The van der Waals surface area contributed by atoms with Crippen molar-refractivity contribution in [3.8, 4) is 11.5 Å². The number of amides is 3. The minimum absolute atomic E-state index is 0.00204. The average Bonchev–Trinajstić information content (AvgIpc) is 3.12. The largest absolute Gasteiger partial charge is 0.489 e. The molecular formula is C41H50BN3O7. The van der Waals surface area contributed by atoms with Gasteiger partial charge in [-0.2, -0.15) is 0 Å². The van der Waals surface area contributed by atoms with E-state index in [-0.39, 0.29) is 30.6 Å². The third-order valence-corrected chi connectivity index (χ3v) is 8.43. The van der Waals surface area contributed by atoms with Gasteiger partial charge in [-0.15, -0.1) is 0 Å². The standard InChI is InChI=1S/C41H50BN3O7/c1-28(2)22-37(42(49)50)44-41(48)39(29(3)4)45-40(47)36(24-30-18-20-34(21-19-30)51-26-31-12-7-5-8-13-31)43-38(46)25-33-16-11-17-35(23-33)52-27-32-14-9-6-10-15-32/h5-21,23,28-29,36-37,39,49-50H,22,24-27H2,1-4H3,(H,43,46)(H,44,48)(H,45,47)/t36-,37-,39-/m0/s1. The topological polar surface area (TPSA) is 146 Å². The van der Waals surface area contributed by atoms with E-state index in [4.69, 9.17) is 9.47 Å². The lowest BCUT2D eigenvalue weighted by atomic mass is 9.75. The maximum absolute atomic E-state index is 13.9. The number of carbonyl (C=O) groups excluding carboxylic acids is 3. The summed E-state index contributed by atoms with van der Waals surface area (Å²) in [7, 11) is -1.76. The van der Waals surface area contributed by atoms with Gasteiger partial charge in [-0.25, -0.2) is 0 Å². The van der Waals surface area contributed by atoms with E-state index in [9.17, 15) is 24.4 Å². The van der Waals surface area contributed by atoms with Crippen molar-refractivity contribution in [2.45, 2.75) is 78.2 Å². The maximum atomic E-state index is 13.9. The zero-order valence-electron chi connectivity index (χ0n) is 30.3. The number of nitrogens with one attached hydrogen (secondary N) is 3. The van der Waals surface area contributed by atoms with Crippen molar-refractivity contribution in [3.63, 3.8) is 0 Å². The highest BCUT2D eigenvalue weighted by Gasteiger charge is 2.33. The van der Waals surface area contributed by atoms with E-state index >= 15 is 0 Å². The number of ether oxygens (including phenoxy) is 2. The van der Waals surface area contributed by atoms with E-state index in [0.29, 0.717) is 36.7 Å². The summed E-state index contributed by atoms with van der Waals surface area (Å²) in [4.78, 5) is 40.8. The molecule has 5 N–H and O–H groups in total. The minimum Gasteiger partial charge on any atom is -0.489 e. The molecule has 3 amide bonds. The molecule has 0 bridgehead atoms. The van der Waals surface area contributed by atoms with Crippen LogP contribution in [0.15, 0.2) is 109 Å². The molecule has 0 spiro atoms. The van der Waals surface area contributed by atoms with Gasteiger partial charge in [0.2, 0.25) is 17.7 Å². The van der Waals surface area contributed by atoms with Gasteiger partial charge in [-0.1, -0.05) is 113 Å². The smallest absolute Gasteiger partial charge is 0.475 e. The molecule has 0 fully saturated rings. The van der Waals surface area contributed by atoms with Crippen LogP contribution in [-0.2, 0) is 40.4 Å². The quantitative estimate of drug-likeness (QED) is 0.0881. The van der Waals surface area contributed by atoms with Crippen LogP contribution in [0.3, 0.4) is 0 Å². The van der Waals surface area contributed by atoms with Crippen molar-refractivity contribution in [1.82, 2.24) is 16.0 Å². The Balaban J connectivity index is 1.47. The van der Waals surface area contributed by atoms with E-state index in [0.717, 1.165) is 16.7 Å². The van der Waals surface area contributed by atoms with E-state index in [1.165, 1.54) is 0 Å². The van der Waals surface area contributed by atoms with E-state index in [1.54, 1.807) is 19.9 Å². The van der Waals surface area contributed by atoms with Gasteiger partial charge in [-0.05, 0) is 64.8 Å². The highest BCUT2D eigenvalue weighted by atomic mass is 16.5. The number of hydrogen-bond donors (Lipinski definition) is 5. The summed E-state index contributed by atoms with van der Waals surface area (Å²) in [6.45, 7) is 8.18. The zero-order chi connectivity index (χ0) is 37.5. The number of rotatable bonds is 19. The highest BCUT2D eigenvalue weighted by molar-refractivity contribution is 6.43. The summed E-state index contributed by atoms with van der Waals surface area (Å²) in [6.07, 6.45) is 0.483. The fraction of sp³-hybridized carbons (Fsp3) is 0.341. The first-order chi connectivity index (χ1) is 25.0. The summed E-state index contributed by atoms with van der Waals surface area (Å²) in [6, 6.07) is 32.1. The van der Waals surface area contributed by atoms with E-state index in [2.05, 4.69) is 16.0 Å². The van der Waals surface area contributed by atoms with Crippen LogP contribution in [-0.4, -0.2) is 52.9 Å². The molecule has 10 nitrogen and oxygen atoms in total. The van der Waals surface area contributed by atoms with E-state index in [1.807, 2.05) is 117 Å². The first-order valence-corrected chi connectivity index (χ1v) is 17.7. The van der Waals surface area contributed by atoms with Gasteiger partial charge in [-0.3, -0.25) is 14.4 Å². The first kappa shape index (κ1) is 39.7. The molecule has 0 aliphatic rings. The number of benzene rings is 4. The summed E-state index contributed by atoms with van der Waals surface area (Å²) < 4.78 is 11.9. The van der Waals surface area contributed by atoms with Crippen molar-refractivity contribution < 1.29 is 33.9 Å². The molecule has 4 aromatic rings. The molecule has 4 rings (SSSR count). The van der Waals surface area contributed by atoms with Crippen LogP contribution < -0.4 is 25.4 Å². The minimum atomic E-state index is -1.76. The van der Waals surface area contributed by atoms with Crippen molar-refractivity contribution in [1.29, 1.82) is 0 Å². The third-order valence-electron chi connectivity index (χ3n) is 8.43. The molecule has 0 aliphatic carbocycles. The molecule has 0 unspecified atom stereocenters. The second-order valence-electron chi connectivity index (χ2n) is 13.7. The van der Waals surface area contributed by atoms with Crippen molar-refractivity contribution in [2.24, 2.45) is 11.8 Å². The second kappa shape index (κ2) is 20.1. The first-order valence-electron chi connectivity index (χ1n) is 17.7. The van der Waals surface area contributed by atoms with Crippen LogP contribution >= 0.6 is 0 Å². The number of carbonyl (C=O) groups is 3. The van der Waals surface area contributed by atoms with Gasteiger partial charge in [0.15, 0.2) is 0 Å². The maximum Gasteiger partial charge on any atom is 0.475 e. The Bertz CT molecular complexity index is 1700. The lowest BCUT2D eigenvalue weighted by Gasteiger charge is -2.28. The van der Waals surface area contributed by atoms with Crippen LogP contribution in [0.4, 0.5) is 0 Å². The molecule has 274 valence electrons. The normalized spacial score (nSPS) is 12.8. The van der Waals surface area contributed by atoms with Crippen molar-refractivity contribution in [2.75, 3.05) is 0 Å². The molecule has 0 aliphatic heterocycles. The molecule has 0 heterocycles. The number of hydrogen-bond acceptors (Lipinski definition) is 7. The summed E-state index contributed by atoms with van der Waals surface area (Å²) in [5.74, 6) is -1.35. The van der Waals surface area contributed by atoms with Crippen LogP contribution in [0, 0.1) is 11.8 Å². The predicted octanol–water partition coefficient (Wildman–Crippen LogP) is 4.80. The van der Waals surface area contributed by atoms with Gasteiger partial charge in [0.25, 0.3) is 0 Å². The van der Waals surface area contributed by atoms with Crippen molar-refractivity contribution >= 4 is 24.8 Å². The van der Waals surface area contributed by atoms with Gasteiger partial charge in [0, 0.05) is 6.42 Å². The van der Waals surface area contributed by atoms with Crippen LogP contribution in [0.1, 0.15) is 56.4 Å². The molecule has 3 atom stereocenters. The predicted molar refractivity (Wildman–Crippen MR) is 202 cm³/mol. The SMILES string of the molecule is CC(C)C[C@H](NC(=O)[C@@H](NC(=O)[C@H](Cc1ccc(OCc2ccccc2)cc1)NC(=O)Cc1cccc(OCc2ccccc2)c1)C(C)C)B(O)O. The fourth-order valence-electron chi connectivity index (χ4n) is 5.65. The zero-order valence-corrected chi connectivity index (χ0v) is 30.3. The molecule has 4 aromatic carbocycles. The van der Waals surface area contributed by atoms with Gasteiger partial charge in [0.1, 0.15) is 36.8 Å². The monoisotopic (exact) mass is 707 g/mol. The van der Waals surface area contributed by atoms with Gasteiger partial charge in [0.05, 0.1) is 12.4 Å². The van der Waals surface area contributed by atoms with Crippen molar-refractivity contribution in [3.05, 3.63) is 131 Å². The Kier molecular flexibility index (Phi) is 15.3. The lowest BCUT2D eigenvalue weighted by Crippen LogP contribution is -2.59. The molecular weight excluding hydrogens is 657 g/mol. The Hall–Kier alpha value is -5.13. The molecule has 11 heteroatoms. The third kappa shape index (κ3) is 13.2. The van der Waals surface area contributed by atoms with Crippen LogP contribution in [0.2, 0.25) is 0 Å². The van der Waals surface area contributed by atoms with Crippen LogP contribution in [0.25, 0.3) is 0 Å². The fourth-order valence-corrected chi connectivity index (χ4v) is 5.65. The molecule has 0 aromatic heterocycles. The Morgan fingerprint density at radius 2 is 1.21 bits per heavy atom. The summed E-state index contributed by atoms with van der Waals surface area (Å²) in [5.41, 5.74) is 3.54. The average molecular weight is 708 g/mol. The van der Waals surface area contributed by atoms with E-state index < -0.39 is 37.0 Å². The van der Waals surface area contributed by atoms with Gasteiger partial charge >= 0.3 is 7.12 Å². The summed E-state index contributed by atoms with van der Waals surface area (Å²) >= 11 is 0. The Morgan fingerprint density at radius 1 is 0.635 bits per heavy atom. The van der Waals surface area contributed by atoms with Crippen LogP contribution in [0.5, 0.6) is 11.5 Å². The van der Waals surface area contributed by atoms with Gasteiger partial charge < -0.3 is 35.5 Å². The summed E-state index contributed by atoms with van der Waals surface area (Å²) in [5, 5.41) is 28.2. The highest BCUT2D eigenvalue weighted by Crippen LogP contribution is 2.18. The Labute approximate surface area is 307 Å². The molecule has 52 heavy (non-hydrogen) atoms. The molecule has 0 saturated heterocycles.